The summed E-state index contributed by atoms with van der Waals surface area (Å²) in [5, 5.41) is 2.75. The Morgan fingerprint density at radius 3 is 2.16 bits per heavy atom. The van der Waals surface area contributed by atoms with Gasteiger partial charge in [-0.05, 0) is 86.0 Å². The summed E-state index contributed by atoms with van der Waals surface area (Å²) in [6.07, 6.45) is 0. The average molecular weight is 455 g/mol. The predicted molar refractivity (Wildman–Crippen MR) is 125 cm³/mol. The Balaban J connectivity index is 1.62. The molecule has 0 spiro atoms. The highest BCUT2D eigenvalue weighted by molar-refractivity contribution is 7.92. The topological polar surface area (TPSA) is 93.7 Å². The van der Waals surface area contributed by atoms with Crippen molar-refractivity contribution in [1.82, 2.24) is 0 Å². The fourth-order valence-electron chi connectivity index (χ4n) is 3.22. The average Bonchev–Trinajstić information content (AvgIpc) is 2.71. The number of methoxy groups -OCH3 is 1. The third-order valence-electron chi connectivity index (χ3n) is 4.61. The van der Waals surface area contributed by atoms with Crippen LogP contribution in [0.2, 0.25) is 0 Å². The molecule has 0 radical (unpaired) electrons. The van der Waals surface area contributed by atoms with Crippen LogP contribution in [0.4, 0.5) is 11.4 Å². The summed E-state index contributed by atoms with van der Waals surface area (Å²) >= 11 is 0. The van der Waals surface area contributed by atoms with Gasteiger partial charge in [-0.25, -0.2) is 8.42 Å². The number of hydrogen-bond donors (Lipinski definition) is 2. The van der Waals surface area contributed by atoms with Crippen molar-refractivity contribution in [1.29, 1.82) is 0 Å². The number of amides is 1. The Morgan fingerprint density at radius 1 is 0.875 bits per heavy atom. The van der Waals surface area contributed by atoms with E-state index in [1.54, 1.807) is 24.3 Å². The second-order valence-corrected chi connectivity index (χ2v) is 9.18. The number of anilines is 2. The molecule has 0 aromatic heterocycles. The summed E-state index contributed by atoms with van der Waals surface area (Å²) in [5.74, 6) is 0.568. The third kappa shape index (κ3) is 6.01. The van der Waals surface area contributed by atoms with Crippen molar-refractivity contribution in [2.45, 2.75) is 25.7 Å². The molecule has 0 saturated heterocycles. The molecule has 0 atom stereocenters. The van der Waals surface area contributed by atoms with Gasteiger partial charge in [0.05, 0.1) is 17.7 Å². The fourth-order valence-corrected chi connectivity index (χ4v) is 4.26. The molecule has 2 N–H and O–H groups in total. The van der Waals surface area contributed by atoms with Crippen molar-refractivity contribution in [3.05, 3.63) is 77.4 Å². The van der Waals surface area contributed by atoms with Gasteiger partial charge in [0.25, 0.3) is 15.9 Å². The number of hydrogen-bond acceptors (Lipinski definition) is 5. The maximum Gasteiger partial charge on any atom is 0.262 e. The van der Waals surface area contributed by atoms with Gasteiger partial charge in [0.2, 0.25) is 0 Å². The van der Waals surface area contributed by atoms with Crippen LogP contribution in [-0.4, -0.2) is 28.0 Å². The first-order valence-corrected chi connectivity index (χ1v) is 11.4. The van der Waals surface area contributed by atoms with Gasteiger partial charge in [-0.2, -0.15) is 0 Å². The van der Waals surface area contributed by atoms with Crippen molar-refractivity contribution in [2.75, 3.05) is 23.8 Å². The summed E-state index contributed by atoms with van der Waals surface area (Å²) in [4.78, 5) is 12.3. The minimum Gasteiger partial charge on any atom is -0.495 e. The standard InChI is InChI=1S/C24H26N2O5S/c1-16-5-10-23(30-4)22(14-16)25-24(27)15-31-20-6-8-21(9-7-20)32(28,29)26-19-12-17(2)11-18(3)13-19/h5-14,26H,15H2,1-4H3,(H,25,27). The molecule has 3 aromatic rings. The number of nitrogens with one attached hydrogen (secondary N) is 2. The number of sulfonamides is 1. The molecule has 32 heavy (non-hydrogen) atoms. The molecule has 0 bridgehead atoms. The number of carbonyl (C=O) groups excluding carboxylic acids is 1. The minimum absolute atomic E-state index is 0.0953. The number of aryl methyl sites for hydroxylation is 3. The zero-order chi connectivity index (χ0) is 23.3. The normalized spacial score (nSPS) is 11.0. The first-order chi connectivity index (χ1) is 15.2. The van der Waals surface area contributed by atoms with E-state index in [0.29, 0.717) is 22.9 Å². The van der Waals surface area contributed by atoms with E-state index < -0.39 is 10.0 Å². The van der Waals surface area contributed by atoms with Gasteiger partial charge in [0.1, 0.15) is 11.5 Å². The summed E-state index contributed by atoms with van der Waals surface area (Å²) in [6, 6.07) is 16.9. The lowest BCUT2D eigenvalue weighted by Gasteiger charge is -2.12. The van der Waals surface area contributed by atoms with E-state index in [-0.39, 0.29) is 17.4 Å². The second kappa shape index (κ2) is 9.74. The van der Waals surface area contributed by atoms with Crippen LogP contribution in [0.15, 0.2) is 65.6 Å². The van der Waals surface area contributed by atoms with Gasteiger partial charge in [-0.1, -0.05) is 12.1 Å². The zero-order valence-corrected chi connectivity index (χ0v) is 19.2. The van der Waals surface area contributed by atoms with Gasteiger partial charge < -0.3 is 14.8 Å². The smallest absolute Gasteiger partial charge is 0.262 e. The van der Waals surface area contributed by atoms with Crippen LogP contribution in [-0.2, 0) is 14.8 Å². The minimum atomic E-state index is -3.75. The van der Waals surface area contributed by atoms with Crippen LogP contribution < -0.4 is 19.5 Å². The molecule has 1 amide bonds. The van der Waals surface area contributed by atoms with Crippen LogP contribution in [0.1, 0.15) is 16.7 Å². The molecule has 8 heteroatoms. The zero-order valence-electron chi connectivity index (χ0n) is 18.4. The predicted octanol–water partition coefficient (Wildman–Crippen LogP) is 4.44. The van der Waals surface area contributed by atoms with Crippen LogP contribution in [0.3, 0.4) is 0 Å². The van der Waals surface area contributed by atoms with Crippen LogP contribution in [0.25, 0.3) is 0 Å². The van der Waals surface area contributed by atoms with E-state index in [1.807, 2.05) is 32.9 Å². The van der Waals surface area contributed by atoms with Gasteiger partial charge in [-0.15, -0.1) is 0 Å². The lowest BCUT2D eigenvalue weighted by atomic mass is 10.1. The number of carbonyl (C=O) groups is 1. The van der Waals surface area contributed by atoms with Gasteiger partial charge in [0.15, 0.2) is 6.61 Å². The molecule has 168 valence electrons. The molecule has 0 fully saturated rings. The molecule has 0 aliphatic rings. The fraction of sp³-hybridized carbons (Fsp3) is 0.208. The lowest BCUT2D eigenvalue weighted by Crippen LogP contribution is -2.20. The Labute approximate surface area is 188 Å². The summed E-state index contributed by atoms with van der Waals surface area (Å²) in [6.45, 7) is 5.49. The van der Waals surface area contributed by atoms with Crippen molar-refractivity contribution in [3.8, 4) is 11.5 Å². The van der Waals surface area contributed by atoms with Gasteiger partial charge in [0, 0.05) is 5.69 Å². The second-order valence-electron chi connectivity index (χ2n) is 7.49. The Hall–Kier alpha value is -3.52. The van der Waals surface area contributed by atoms with Crippen LogP contribution in [0.5, 0.6) is 11.5 Å². The lowest BCUT2D eigenvalue weighted by molar-refractivity contribution is -0.118. The molecule has 0 unspecified atom stereocenters. The number of benzene rings is 3. The van der Waals surface area contributed by atoms with Gasteiger partial charge >= 0.3 is 0 Å². The van der Waals surface area contributed by atoms with Crippen molar-refractivity contribution >= 4 is 27.3 Å². The summed E-state index contributed by atoms with van der Waals surface area (Å²) in [5.41, 5.74) is 3.97. The summed E-state index contributed by atoms with van der Waals surface area (Å²) in [7, 11) is -2.22. The van der Waals surface area contributed by atoms with E-state index in [0.717, 1.165) is 16.7 Å². The SMILES string of the molecule is COc1ccc(C)cc1NC(=O)COc1ccc(S(=O)(=O)Nc2cc(C)cc(C)c2)cc1. The molecular weight excluding hydrogens is 428 g/mol. The van der Waals surface area contributed by atoms with E-state index in [4.69, 9.17) is 9.47 Å². The van der Waals surface area contributed by atoms with Crippen molar-refractivity contribution < 1.29 is 22.7 Å². The maximum atomic E-state index is 12.7. The number of rotatable bonds is 8. The molecule has 3 aromatic carbocycles. The Kier molecular flexibility index (Phi) is 7.05. The third-order valence-corrected chi connectivity index (χ3v) is 6.00. The maximum absolute atomic E-state index is 12.7. The quantitative estimate of drug-likeness (QED) is 0.525. The Bertz CT molecular complexity index is 1200. The molecule has 0 aliphatic carbocycles. The molecule has 0 aliphatic heterocycles. The molecule has 0 saturated carbocycles. The molecule has 7 nitrogen and oxygen atoms in total. The molecule has 3 rings (SSSR count). The van der Waals surface area contributed by atoms with E-state index >= 15 is 0 Å². The first kappa shape index (κ1) is 23.1. The number of ether oxygens (including phenoxy) is 2. The molecule has 0 heterocycles. The van der Waals surface area contributed by atoms with Crippen LogP contribution >= 0.6 is 0 Å². The largest absolute Gasteiger partial charge is 0.495 e. The highest BCUT2D eigenvalue weighted by Gasteiger charge is 2.15. The molecular formula is C24H26N2O5S. The first-order valence-electron chi connectivity index (χ1n) is 9.95. The van der Waals surface area contributed by atoms with E-state index in [2.05, 4.69) is 10.0 Å². The van der Waals surface area contributed by atoms with Crippen LogP contribution in [0, 0.1) is 20.8 Å². The van der Waals surface area contributed by atoms with Gasteiger partial charge in [-0.3, -0.25) is 9.52 Å². The van der Waals surface area contributed by atoms with E-state index in [9.17, 15) is 13.2 Å². The van der Waals surface area contributed by atoms with Crippen molar-refractivity contribution in [3.63, 3.8) is 0 Å². The summed E-state index contributed by atoms with van der Waals surface area (Å²) < 4.78 is 38.7. The Morgan fingerprint density at radius 2 is 1.53 bits per heavy atom. The van der Waals surface area contributed by atoms with Crippen molar-refractivity contribution in [2.24, 2.45) is 0 Å². The monoisotopic (exact) mass is 454 g/mol. The highest BCUT2D eigenvalue weighted by atomic mass is 32.2. The highest BCUT2D eigenvalue weighted by Crippen LogP contribution is 2.25. The van der Waals surface area contributed by atoms with E-state index in [1.165, 1.54) is 31.4 Å².